The van der Waals surface area contributed by atoms with Crippen LogP contribution in [0.15, 0.2) is 18.2 Å². The first-order valence-corrected chi connectivity index (χ1v) is 5.76. The molecule has 0 radical (unpaired) electrons. The third-order valence-electron chi connectivity index (χ3n) is 2.42. The van der Waals surface area contributed by atoms with Crippen LogP contribution in [-0.2, 0) is 6.42 Å². The molecule has 1 unspecified atom stereocenters. The Hall–Kier alpha value is -1.40. The van der Waals surface area contributed by atoms with Gasteiger partial charge < -0.3 is 5.11 Å². The van der Waals surface area contributed by atoms with Crippen molar-refractivity contribution in [2.24, 2.45) is 0 Å². The van der Waals surface area contributed by atoms with Gasteiger partial charge in [0.2, 0.25) is 0 Å². The van der Waals surface area contributed by atoms with E-state index >= 15 is 0 Å². The van der Waals surface area contributed by atoms with E-state index in [1.807, 2.05) is 0 Å². The summed E-state index contributed by atoms with van der Waals surface area (Å²) < 4.78 is 29.8. The normalized spacial score (nSPS) is 12.7. The lowest BCUT2D eigenvalue weighted by molar-refractivity contribution is 0.180. The van der Waals surface area contributed by atoms with Crippen LogP contribution in [0.3, 0.4) is 0 Å². The average molecular weight is 256 g/mol. The molecule has 1 atom stereocenters. The maximum absolute atomic E-state index is 13.4. The Morgan fingerprint density at radius 1 is 1.41 bits per heavy atom. The zero-order valence-electron chi connectivity index (χ0n) is 9.02. The number of aliphatic hydroxyl groups excluding tert-OH is 1. The van der Waals surface area contributed by atoms with Crippen molar-refractivity contribution in [3.8, 4) is 0 Å². The van der Waals surface area contributed by atoms with Crippen LogP contribution in [0.5, 0.6) is 0 Å². The minimum Gasteiger partial charge on any atom is -0.387 e. The molecule has 0 bridgehead atoms. The quantitative estimate of drug-likeness (QED) is 0.917. The van der Waals surface area contributed by atoms with Gasteiger partial charge in [0.15, 0.2) is 0 Å². The van der Waals surface area contributed by atoms with Gasteiger partial charge in [0, 0.05) is 12.5 Å². The molecule has 0 aliphatic rings. The standard InChI is InChI=1S/C11H10F2N2OS/c1-6-11(17-15-14-6)10(16)4-7-2-3-8(12)5-9(7)13/h2-3,5,10,16H,4H2,1H3. The Bertz CT molecular complexity index is 530. The molecule has 0 aliphatic heterocycles. The Labute approximate surface area is 101 Å². The summed E-state index contributed by atoms with van der Waals surface area (Å²) in [5.41, 5.74) is 0.900. The van der Waals surface area contributed by atoms with Gasteiger partial charge in [-0.25, -0.2) is 8.78 Å². The van der Waals surface area contributed by atoms with E-state index in [0.29, 0.717) is 10.6 Å². The second-order valence-corrected chi connectivity index (χ2v) is 4.46. The van der Waals surface area contributed by atoms with E-state index in [9.17, 15) is 13.9 Å². The highest BCUT2D eigenvalue weighted by Gasteiger charge is 2.16. The van der Waals surface area contributed by atoms with Crippen LogP contribution < -0.4 is 0 Å². The number of halogens is 2. The average Bonchev–Trinajstić information content (AvgIpc) is 2.68. The minimum absolute atomic E-state index is 0.0802. The van der Waals surface area contributed by atoms with Gasteiger partial charge in [-0.2, -0.15) is 0 Å². The summed E-state index contributed by atoms with van der Waals surface area (Å²) in [5.74, 6) is -1.28. The Balaban J connectivity index is 2.19. The van der Waals surface area contributed by atoms with E-state index in [4.69, 9.17) is 0 Å². The monoisotopic (exact) mass is 256 g/mol. The molecule has 1 aromatic carbocycles. The van der Waals surface area contributed by atoms with Crippen molar-refractivity contribution < 1.29 is 13.9 Å². The van der Waals surface area contributed by atoms with E-state index in [-0.39, 0.29) is 12.0 Å². The summed E-state index contributed by atoms with van der Waals surface area (Å²) in [6.07, 6.45) is -0.786. The van der Waals surface area contributed by atoms with Crippen molar-refractivity contribution in [1.82, 2.24) is 9.59 Å². The lowest BCUT2D eigenvalue weighted by Crippen LogP contribution is -2.03. The highest BCUT2D eigenvalue weighted by atomic mass is 32.1. The summed E-state index contributed by atoms with van der Waals surface area (Å²) in [6.45, 7) is 1.73. The molecule has 6 heteroatoms. The maximum atomic E-state index is 13.4. The van der Waals surface area contributed by atoms with Gasteiger partial charge in [0.1, 0.15) is 11.6 Å². The molecule has 0 amide bonds. The molecular weight excluding hydrogens is 246 g/mol. The largest absolute Gasteiger partial charge is 0.387 e. The number of hydrogen-bond donors (Lipinski definition) is 1. The fourth-order valence-corrected chi connectivity index (χ4v) is 2.16. The molecule has 0 fully saturated rings. The lowest BCUT2D eigenvalue weighted by Gasteiger charge is -2.09. The molecule has 2 aromatic rings. The van der Waals surface area contributed by atoms with Crippen molar-refractivity contribution in [1.29, 1.82) is 0 Å². The molecule has 2 rings (SSSR count). The second-order valence-electron chi connectivity index (χ2n) is 3.68. The Morgan fingerprint density at radius 3 is 2.76 bits per heavy atom. The van der Waals surface area contributed by atoms with Gasteiger partial charge in [-0.3, -0.25) is 0 Å². The van der Waals surface area contributed by atoms with Crippen LogP contribution in [0.1, 0.15) is 22.2 Å². The van der Waals surface area contributed by atoms with Crippen LogP contribution >= 0.6 is 11.5 Å². The number of aliphatic hydroxyl groups is 1. The SMILES string of the molecule is Cc1nnsc1C(O)Cc1ccc(F)cc1F. The highest BCUT2D eigenvalue weighted by molar-refractivity contribution is 7.05. The molecule has 1 heterocycles. The zero-order valence-corrected chi connectivity index (χ0v) is 9.84. The molecule has 1 N–H and O–H groups in total. The van der Waals surface area contributed by atoms with Crippen LogP contribution in [0, 0.1) is 18.6 Å². The van der Waals surface area contributed by atoms with E-state index in [2.05, 4.69) is 9.59 Å². The van der Waals surface area contributed by atoms with E-state index in [1.165, 1.54) is 12.1 Å². The number of nitrogens with zero attached hydrogens (tertiary/aromatic N) is 2. The first-order valence-electron chi connectivity index (χ1n) is 4.98. The smallest absolute Gasteiger partial charge is 0.129 e. The van der Waals surface area contributed by atoms with Crippen molar-refractivity contribution in [3.05, 3.63) is 46.0 Å². The van der Waals surface area contributed by atoms with Gasteiger partial charge in [0.05, 0.1) is 16.7 Å². The topological polar surface area (TPSA) is 46.0 Å². The summed E-state index contributed by atoms with van der Waals surface area (Å²) in [6, 6.07) is 3.31. The molecule has 0 aliphatic carbocycles. The van der Waals surface area contributed by atoms with Crippen molar-refractivity contribution in [2.45, 2.75) is 19.4 Å². The van der Waals surface area contributed by atoms with Crippen LogP contribution in [-0.4, -0.2) is 14.7 Å². The van der Waals surface area contributed by atoms with Crippen molar-refractivity contribution in [2.75, 3.05) is 0 Å². The zero-order chi connectivity index (χ0) is 12.4. The first kappa shape index (κ1) is 12.1. The molecule has 1 aromatic heterocycles. The summed E-state index contributed by atoms with van der Waals surface area (Å²) >= 11 is 1.08. The van der Waals surface area contributed by atoms with Crippen molar-refractivity contribution in [3.63, 3.8) is 0 Å². The Morgan fingerprint density at radius 2 is 2.18 bits per heavy atom. The molecular formula is C11H10F2N2OS. The molecule has 0 saturated carbocycles. The van der Waals surface area contributed by atoms with Gasteiger partial charge in [-0.15, -0.1) is 5.10 Å². The fourth-order valence-electron chi connectivity index (χ4n) is 1.53. The molecule has 0 saturated heterocycles. The number of aromatic nitrogens is 2. The second kappa shape index (κ2) is 4.85. The predicted molar refractivity (Wildman–Crippen MR) is 59.7 cm³/mol. The highest BCUT2D eigenvalue weighted by Crippen LogP contribution is 2.24. The summed E-state index contributed by atoms with van der Waals surface area (Å²) in [5, 5.41) is 13.7. The van der Waals surface area contributed by atoms with Crippen LogP contribution in [0.2, 0.25) is 0 Å². The van der Waals surface area contributed by atoms with Crippen LogP contribution in [0.4, 0.5) is 8.78 Å². The number of benzene rings is 1. The first-order chi connectivity index (χ1) is 8.08. The van der Waals surface area contributed by atoms with Gasteiger partial charge in [0.25, 0.3) is 0 Å². The maximum Gasteiger partial charge on any atom is 0.129 e. The fraction of sp³-hybridized carbons (Fsp3) is 0.273. The molecule has 17 heavy (non-hydrogen) atoms. The number of aryl methyl sites for hydroxylation is 1. The summed E-state index contributed by atoms with van der Waals surface area (Å²) in [4.78, 5) is 0.605. The predicted octanol–water partition coefficient (Wildman–Crippen LogP) is 2.40. The molecule has 0 spiro atoms. The van der Waals surface area contributed by atoms with Crippen LogP contribution in [0.25, 0.3) is 0 Å². The van der Waals surface area contributed by atoms with Gasteiger partial charge >= 0.3 is 0 Å². The van der Waals surface area contributed by atoms with E-state index in [0.717, 1.165) is 17.6 Å². The minimum atomic E-state index is -0.866. The molecule has 90 valence electrons. The van der Waals surface area contributed by atoms with E-state index in [1.54, 1.807) is 6.92 Å². The van der Waals surface area contributed by atoms with Crippen molar-refractivity contribution >= 4 is 11.5 Å². The third-order valence-corrected chi connectivity index (χ3v) is 3.35. The lowest BCUT2D eigenvalue weighted by atomic mass is 10.1. The van der Waals surface area contributed by atoms with E-state index < -0.39 is 17.7 Å². The van der Waals surface area contributed by atoms with Gasteiger partial charge in [-0.1, -0.05) is 10.6 Å². The Kier molecular flexibility index (Phi) is 3.44. The third kappa shape index (κ3) is 2.65. The number of hydrogen-bond acceptors (Lipinski definition) is 4. The van der Waals surface area contributed by atoms with Gasteiger partial charge in [-0.05, 0) is 30.1 Å². The molecule has 3 nitrogen and oxygen atoms in total. The number of rotatable bonds is 3. The summed E-state index contributed by atoms with van der Waals surface area (Å²) in [7, 11) is 0.